The lowest BCUT2D eigenvalue weighted by molar-refractivity contribution is -0.120. The number of ether oxygens (including phenoxy) is 2. The summed E-state index contributed by atoms with van der Waals surface area (Å²) in [5.41, 5.74) is 0.198. The van der Waals surface area contributed by atoms with Crippen molar-refractivity contribution < 1.29 is 27.1 Å². The van der Waals surface area contributed by atoms with Crippen molar-refractivity contribution in [3.05, 3.63) is 48.3 Å². The first-order valence-electron chi connectivity index (χ1n) is 10.6. The van der Waals surface area contributed by atoms with E-state index in [2.05, 4.69) is 5.32 Å². The van der Waals surface area contributed by atoms with E-state index < -0.39 is 22.4 Å². The molecule has 7 nitrogen and oxygen atoms in total. The van der Waals surface area contributed by atoms with Crippen LogP contribution in [0.4, 0.5) is 10.1 Å². The van der Waals surface area contributed by atoms with Gasteiger partial charge in [-0.15, -0.1) is 0 Å². The minimum absolute atomic E-state index is 0.0628. The second-order valence-corrected chi connectivity index (χ2v) is 10.2. The second kappa shape index (κ2) is 8.97. The lowest BCUT2D eigenvalue weighted by Crippen LogP contribution is -2.46. The van der Waals surface area contributed by atoms with E-state index in [9.17, 15) is 17.6 Å². The normalized spacial score (nSPS) is 21.9. The van der Waals surface area contributed by atoms with Crippen LogP contribution in [0.3, 0.4) is 0 Å². The smallest absolute Gasteiger partial charge is 0.264 e. The average Bonchev–Trinajstić information content (AvgIpc) is 3.41. The number of rotatable bonds is 8. The molecule has 2 fully saturated rings. The fraction of sp³-hybridized carbons (Fsp3) is 0.435. The van der Waals surface area contributed by atoms with E-state index in [0.717, 1.165) is 23.6 Å². The lowest BCUT2D eigenvalue weighted by Gasteiger charge is -2.27. The number of hydrogen-bond donors (Lipinski definition) is 1. The molecule has 0 unspecified atom stereocenters. The summed E-state index contributed by atoms with van der Waals surface area (Å²) < 4.78 is 52.0. The van der Waals surface area contributed by atoms with Crippen LogP contribution in [0, 0.1) is 17.7 Å². The lowest BCUT2D eigenvalue weighted by atomic mass is 9.95. The molecule has 2 aliphatic carbocycles. The van der Waals surface area contributed by atoms with Gasteiger partial charge < -0.3 is 14.8 Å². The van der Waals surface area contributed by atoms with Crippen molar-refractivity contribution in [1.29, 1.82) is 0 Å². The summed E-state index contributed by atoms with van der Waals surface area (Å²) in [6, 6.07) is 9.33. The van der Waals surface area contributed by atoms with Crippen molar-refractivity contribution >= 4 is 21.6 Å². The topological polar surface area (TPSA) is 84.9 Å². The number of nitrogens with zero attached hydrogens (tertiary/aromatic N) is 1. The van der Waals surface area contributed by atoms with Crippen LogP contribution in [-0.2, 0) is 14.8 Å². The zero-order valence-corrected chi connectivity index (χ0v) is 18.9. The molecule has 32 heavy (non-hydrogen) atoms. The van der Waals surface area contributed by atoms with Gasteiger partial charge in [-0.2, -0.15) is 0 Å². The summed E-state index contributed by atoms with van der Waals surface area (Å²) in [5, 5.41) is 3.02. The molecule has 0 saturated heterocycles. The molecule has 0 aromatic heterocycles. The minimum atomic E-state index is -4.15. The van der Waals surface area contributed by atoms with Crippen LogP contribution >= 0.6 is 0 Å². The summed E-state index contributed by atoms with van der Waals surface area (Å²) in [7, 11) is -1.28. The Morgan fingerprint density at radius 3 is 2.38 bits per heavy atom. The fourth-order valence-corrected chi connectivity index (χ4v) is 6.27. The van der Waals surface area contributed by atoms with Crippen LogP contribution in [0.2, 0.25) is 0 Å². The first kappa shape index (κ1) is 22.4. The summed E-state index contributed by atoms with van der Waals surface area (Å²) in [5.74, 6) is 0.868. The van der Waals surface area contributed by atoms with Gasteiger partial charge in [0.15, 0.2) is 11.5 Å². The van der Waals surface area contributed by atoms with E-state index in [1.54, 1.807) is 0 Å². The zero-order valence-electron chi connectivity index (χ0n) is 18.1. The molecule has 0 spiro atoms. The summed E-state index contributed by atoms with van der Waals surface area (Å²) in [4.78, 5) is 12.8. The molecule has 2 aromatic rings. The Kier molecular flexibility index (Phi) is 6.28. The molecule has 2 bridgehead atoms. The largest absolute Gasteiger partial charge is 0.493 e. The molecule has 0 aliphatic heterocycles. The highest BCUT2D eigenvalue weighted by molar-refractivity contribution is 7.92. The standard InChI is InChI=1S/C23H27FN2O5S/c1-30-21-10-9-19(13-22(21)31-2)32(28,29)26(18-7-5-17(24)6-8-18)14-23(27)25-20-12-15-3-4-16(20)11-15/h5-10,13,15-16,20H,3-4,11-12,14H2,1-2H3,(H,25,27)/t15-,16-,20-/m0/s1. The van der Waals surface area contributed by atoms with E-state index in [0.29, 0.717) is 17.6 Å². The first-order chi connectivity index (χ1) is 15.3. The third-order valence-corrected chi connectivity index (χ3v) is 8.20. The molecule has 172 valence electrons. The number of methoxy groups -OCH3 is 2. The van der Waals surface area contributed by atoms with Gasteiger partial charge in [0.25, 0.3) is 10.0 Å². The molecule has 0 radical (unpaired) electrons. The van der Waals surface area contributed by atoms with Crippen molar-refractivity contribution in [3.63, 3.8) is 0 Å². The maximum atomic E-state index is 13.5. The van der Waals surface area contributed by atoms with Gasteiger partial charge in [0.1, 0.15) is 12.4 Å². The molecule has 9 heteroatoms. The highest BCUT2D eigenvalue weighted by Gasteiger charge is 2.40. The van der Waals surface area contributed by atoms with Crippen molar-refractivity contribution in [2.45, 2.75) is 36.6 Å². The fourth-order valence-electron chi connectivity index (χ4n) is 4.83. The molecule has 2 aromatic carbocycles. The van der Waals surface area contributed by atoms with Crippen LogP contribution in [-0.4, -0.2) is 41.1 Å². The van der Waals surface area contributed by atoms with E-state index in [1.165, 1.54) is 63.1 Å². The second-order valence-electron chi connectivity index (χ2n) is 8.35. The van der Waals surface area contributed by atoms with Gasteiger partial charge in [-0.25, -0.2) is 12.8 Å². The maximum absolute atomic E-state index is 13.5. The van der Waals surface area contributed by atoms with Crippen LogP contribution in [0.15, 0.2) is 47.4 Å². The van der Waals surface area contributed by atoms with Gasteiger partial charge in [-0.05, 0) is 67.5 Å². The van der Waals surface area contributed by atoms with E-state index in [-0.39, 0.29) is 28.3 Å². The van der Waals surface area contributed by atoms with Gasteiger partial charge in [0.05, 0.1) is 24.8 Å². The number of hydrogen-bond acceptors (Lipinski definition) is 5. The SMILES string of the molecule is COc1ccc(S(=O)(=O)N(CC(=O)N[C@H]2C[C@H]3CC[C@H]2C3)c2ccc(F)cc2)cc1OC. The van der Waals surface area contributed by atoms with Crippen molar-refractivity contribution in [1.82, 2.24) is 5.32 Å². The Hall–Kier alpha value is -2.81. The third-order valence-electron chi connectivity index (χ3n) is 6.43. The predicted octanol–water partition coefficient (Wildman–Crippen LogP) is 3.34. The Bertz CT molecular complexity index is 1090. The highest BCUT2D eigenvalue weighted by atomic mass is 32.2. The van der Waals surface area contributed by atoms with Crippen molar-refractivity contribution in [3.8, 4) is 11.5 Å². The Labute approximate surface area is 187 Å². The third kappa shape index (κ3) is 4.39. The zero-order chi connectivity index (χ0) is 22.9. The predicted molar refractivity (Wildman–Crippen MR) is 118 cm³/mol. The Balaban J connectivity index is 1.63. The molecular formula is C23H27FN2O5S. The molecule has 3 atom stereocenters. The number of sulfonamides is 1. The van der Waals surface area contributed by atoms with Crippen LogP contribution < -0.4 is 19.1 Å². The van der Waals surface area contributed by atoms with E-state index in [1.807, 2.05) is 0 Å². The molecule has 0 heterocycles. The number of nitrogens with one attached hydrogen (secondary N) is 1. The maximum Gasteiger partial charge on any atom is 0.264 e. The molecule has 1 amide bonds. The number of carbonyl (C=O) groups excluding carboxylic acids is 1. The van der Waals surface area contributed by atoms with Crippen LogP contribution in [0.5, 0.6) is 11.5 Å². The van der Waals surface area contributed by atoms with Gasteiger partial charge >= 0.3 is 0 Å². The Morgan fingerprint density at radius 1 is 1.06 bits per heavy atom. The molecule has 2 aliphatic rings. The summed E-state index contributed by atoms with van der Waals surface area (Å²) in [6.45, 7) is -0.407. The summed E-state index contributed by atoms with van der Waals surface area (Å²) in [6.07, 6.45) is 4.36. The number of halogens is 1. The first-order valence-corrected chi connectivity index (χ1v) is 12.1. The monoisotopic (exact) mass is 462 g/mol. The van der Waals surface area contributed by atoms with Crippen molar-refractivity contribution in [2.24, 2.45) is 11.8 Å². The van der Waals surface area contributed by atoms with Crippen LogP contribution in [0.25, 0.3) is 0 Å². The number of benzene rings is 2. The van der Waals surface area contributed by atoms with Gasteiger partial charge in [-0.3, -0.25) is 9.10 Å². The number of anilines is 1. The van der Waals surface area contributed by atoms with Crippen molar-refractivity contribution in [2.75, 3.05) is 25.1 Å². The number of fused-ring (bicyclic) bond motifs is 2. The van der Waals surface area contributed by atoms with E-state index in [4.69, 9.17) is 9.47 Å². The number of amides is 1. The number of carbonyl (C=O) groups is 1. The minimum Gasteiger partial charge on any atom is -0.493 e. The molecule has 4 rings (SSSR count). The van der Waals surface area contributed by atoms with Gasteiger partial charge in [0.2, 0.25) is 5.91 Å². The molecular weight excluding hydrogens is 435 g/mol. The molecule has 1 N–H and O–H groups in total. The van der Waals surface area contributed by atoms with Gasteiger partial charge in [0, 0.05) is 12.1 Å². The van der Waals surface area contributed by atoms with Gasteiger partial charge in [-0.1, -0.05) is 6.42 Å². The Morgan fingerprint density at radius 2 is 1.78 bits per heavy atom. The summed E-state index contributed by atoms with van der Waals surface area (Å²) >= 11 is 0. The van der Waals surface area contributed by atoms with E-state index >= 15 is 0 Å². The average molecular weight is 463 g/mol. The quantitative estimate of drug-likeness (QED) is 0.651. The molecule has 2 saturated carbocycles. The highest BCUT2D eigenvalue weighted by Crippen LogP contribution is 2.44. The van der Waals surface area contributed by atoms with Crippen LogP contribution in [0.1, 0.15) is 25.7 Å².